The molecule has 2 N–H and O–H groups in total. The van der Waals surface area contributed by atoms with Crippen molar-refractivity contribution in [1.82, 2.24) is 19.9 Å². The topological polar surface area (TPSA) is 109 Å². The Labute approximate surface area is 192 Å². The van der Waals surface area contributed by atoms with Gasteiger partial charge in [0.2, 0.25) is 11.8 Å². The molecule has 172 valence electrons. The molecule has 1 saturated carbocycles. The summed E-state index contributed by atoms with van der Waals surface area (Å²) in [4.78, 5) is 48.3. The van der Waals surface area contributed by atoms with E-state index in [1.807, 2.05) is 0 Å². The van der Waals surface area contributed by atoms with E-state index in [-0.39, 0.29) is 23.9 Å². The standard InChI is InChI=1S/C22H23FN6O3S/c23-14-2-1-3-16(10-14)25-17(30)11-29-12-24-19-18(21(29)32)33-22(27-19)28-8-6-13(7-9-28)20(31)26-15-4-5-15/h1-3,10,12-13,15H,4-9,11H2,(H,25,30)(H,26,31). The molecule has 11 heteroatoms. The number of piperidine rings is 1. The summed E-state index contributed by atoms with van der Waals surface area (Å²) in [6, 6.07) is 5.91. The second kappa shape index (κ2) is 8.89. The van der Waals surface area contributed by atoms with E-state index in [0.29, 0.717) is 40.3 Å². The van der Waals surface area contributed by atoms with Crippen molar-refractivity contribution < 1.29 is 14.0 Å². The minimum atomic E-state index is -0.460. The summed E-state index contributed by atoms with van der Waals surface area (Å²) in [5.41, 5.74) is 0.309. The maximum atomic E-state index is 13.3. The third-order valence-electron chi connectivity index (χ3n) is 5.85. The van der Waals surface area contributed by atoms with Gasteiger partial charge in [-0.3, -0.25) is 19.0 Å². The van der Waals surface area contributed by atoms with Gasteiger partial charge in [0.25, 0.3) is 5.56 Å². The molecule has 0 radical (unpaired) electrons. The Bertz CT molecular complexity index is 1260. The lowest BCUT2D eigenvalue weighted by molar-refractivity contribution is -0.125. The fourth-order valence-electron chi connectivity index (χ4n) is 3.88. The predicted molar refractivity (Wildman–Crippen MR) is 123 cm³/mol. The number of nitrogens with one attached hydrogen (secondary N) is 2. The van der Waals surface area contributed by atoms with Crippen molar-refractivity contribution in [2.45, 2.75) is 38.3 Å². The Kier molecular flexibility index (Phi) is 5.79. The maximum absolute atomic E-state index is 13.3. The molecule has 3 aromatic rings. The lowest BCUT2D eigenvalue weighted by Gasteiger charge is -2.30. The zero-order chi connectivity index (χ0) is 22.9. The number of fused-ring (bicyclic) bond motifs is 1. The number of halogens is 1. The molecule has 2 aromatic heterocycles. The van der Waals surface area contributed by atoms with Gasteiger partial charge in [-0.2, -0.15) is 4.98 Å². The lowest BCUT2D eigenvalue weighted by atomic mass is 9.96. The number of rotatable bonds is 6. The molecule has 0 bridgehead atoms. The van der Waals surface area contributed by atoms with Crippen molar-refractivity contribution in [2.75, 3.05) is 23.3 Å². The van der Waals surface area contributed by atoms with Crippen molar-refractivity contribution in [3.05, 3.63) is 46.8 Å². The fraction of sp³-hybridized carbons (Fsp3) is 0.409. The van der Waals surface area contributed by atoms with E-state index < -0.39 is 11.7 Å². The third-order valence-corrected chi connectivity index (χ3v) is 6.95. The number of aromatic nitrogens is 3. The van der Waals surface area contributed by atoms with Crippen LogP contribution in [0.2, 0.25) is 0 Å². The average Bonchev–Trinajstić information content (AvgIpc) is 3.50. The van der Waals surface area contributed by atoms with Gasteiger partial charge in [-0.1, -0.05) is 17.4 Å². The van der Waals surface area contributed by atoms with Crippen molar-refractivity contribution in [3.8, 4) is 0 Å². The molecule has 33 heavy (non-hydrogen) atoms. The summed E-state index contributed by atoms with van der Waals surface area (Å²) in [5.74, 6) is -0.761. The van der Waals surface area contributed by atoms with E-state index in [1.165, 1.54) is 40.4 Å². The van der Waals surface area contributed by atoms with Crippen LogP contribution in [0.25, 0.3) is 10.3 Å². The summed E-state index contributed by atoms with van der Waals surface area (Å²) in [5, 5.41) is 6.34. The average molecular weight is 471 g/mol. The van der Waals surface area contributed by atoms with E-state index in [4.69, 9.17) is 0 Å². The van der Waals surface area contributed by atoms with Crippen LogP contribution in [0.5, 0.6) is 0 Å². The summed E-state index contributed by atoms with van der Waals surface area (Å²) in [6.07, 6.45) is 4.94. The summed E-state index contributed by atoms with van der Waals surface area (Å²) >= 11 is 1.25. The number of hydrogen-bond donors (Lipinski definition) is 2. The zero-order valence-electron chi connectivity index (χ0n) is 17.8. The minimum Gasteiger partial charge on any atom is -0.353 e. The number of thiazole rings is 1. The Balaban J connectivity index is 1.25. The highest BCUT2D eigenvalue weighted by Gasteiger charge is 2.30. The number of carbonyl (C=O) groups is 2. The van der Waals surface area contributed by atoms with Crippen molar-refractivity contribution >= 4 is 44.3 Å². The molecule has 5 rings (SSSR count). The first kappa shape index (κ1) is 21.5. The van der Waals surface area contributed by atoms with Crippen LogP contribution in [0.1, 0.15) is 25.7 Å². The summed E-state index contributed by atoms with van der Waals surface area (Å²) in [6.45, 7) is 1.13. The summed E-state index contributed by atoms with van der Waals surface area (Å²) in [7, 11) is 0. The van der Waals surface area contributed by atoms with Gasteiger partial charge in [0.05, 0.1) is 0 Å². The predicted octanol–water partition coefficient (Wildman–Crippen LogP) is 2.13. The Morgan fingerprint density at radius 1 is 1.18 bits per heavy atom. The van der Waals surface area contributed by atoms with Gasteiger partial charge in [0.15, 0.2) is 10.8 Å². The summed E-state index contributed by atoms with van der Waals surface area (Å²) < 4.78 is 14.9. The van der Waals surface area contributed by atoms with Crippen molar-refractivity contribution in [2.24, 2.45) is 5.92 Å². The molecular formula is C22H23FN6O3S. The molecule has 1 aliphatic carbocycles. The molecule has 3 heterocycles. The van der Waals surface area contributed by atoms with Crippen molar-refractivity contribution in [3.63, 3.8) is 0 Å². The molecular weight excluding hydrogens is 447 g/mol. The SMILES string of the molecule is O=C(Cn1cnc2nc(N3CCC(C(=O)NC4CC4)CC3)sc2c1=O)Nc1cccc(F)c1. The van der Waals surface area contributed by atoms with E-state index >= 15 is 0 Å². The normalized spacial score (nSPS) is 16.7. The van der Waals surface area contributed by atoms with Crippen LogP contribution >= 0.6 is 11.3 Å². The zero-order valence-corrected chi connectivity index (χ0v) is 18.6. The molecule has 2 aliphatic rings. The van der Waals surface area contributed by atoms with E-state index in [2.05, 4.69) is 25.5 Å². The highest BCUT2D eigenvalue weighted by Crippen LogP contribution is 2.30. The number of anilines is 2. The van der Waals surface area contributed by atoms with Gasteiger partial charge in [-0.15, -0.1) is 0 Å². The van der Waals surface area contributed by atoms with Crippen LogP contribution in [0.3, 0.4) is 0 Å². The number of hydrogen-bond acceptors (Lipinski definition) is 7. The van der Waals surface area contributed by atoms with Crippen molar-refractivity contribution in [1.29, 1.82) is 0 Å². The first-order chi connectivity index (χ1) is 16.0. The molecule has 0 spiro atoms. The van der Waals surface area contributed by atoms with Crippen LogP contribution in [-0.4, -0.2) is 45.5 Å². The van der Waals surface area contributed by atoms with Crippen LogP contribution in [0, 0.1) is 11.7 Å². The highest BCUT2D eigenvalue weighted by atomic mass is 32.1. The molecule has 0 unspecified atom stereocenters. The number of amides is 2. The molecule has 2 amide bonds. The smallest absolute Gasteiger partial charge is 0.273 e. The Hall–Kier alpha value is -3.34. The van der Waals surface area contributed by atoms with Crippen LogP contribution < -0.4 is 21.1 Å². The minimum absolute atomic E-state index is 0.0168. The molecule has 0 atom stereocenters. The molecule has 2 fully saturated rings. The largest absolute Gasteiger partial charge is 0.353 e. The number of benzene rings is 1. The van der Waals surface area contributed by atoms with Gasteiger partial charge >= 0.3 is 0 Å². The number of nitrogens with zero attached hydrogens (tertiary/aromatic N) is 4. The van der Waals surface area contributed by atoms with Gasteiger partial charge in [0.1, 0.15) is 23.4 Å². The lowest BCUT2D eigenvalue weighted by Crippen LogP contribution is -2.41. The molecule has 1 aromatic carbocycles. The third kappa shape index (κ3) is 4.87. The van der Waals surface area contributed by atoms with Crippen LogP contribution in [0.4, 0.5) is 15.2 Å². The van der Waals surface area contributed by atoms with Gasteiger partial charge < -0.3 is 15.5 Å². The first-order valence-electron chi connectivity index (χ1n) is 10.9. The Morgan fingerprint density at radius 3 is 2.70 bits per heavy atom. The van der Waals surface area contributed by atoms with E-state index in [1.54, 1.807) is 6.07 Å². The number of carbonyl (C=O) groups excluding carboxylic acids is 2. The van der Waals surface area contributed by atoms with Gasteiger partial charge in [-0.05, 0) is 43.9 Å². The van der Waals surface area contributed by atoms with Crippen LogP contribution in [0.15, 0.2) is 35.4 Å². The monoisotopic (exact) mass is 470 g/mol. The maximum Gasteiger partial charge on any atom is 0.273 e. The quantitative estimate of drug-likeness (QED) is 0.571. The van der Waals surface area contributed by atoms with E-state index in [0.717, 1.165) is 25.7 Å². The van der Waals surface area contributed by atoms with E-state index in [9.17, 15) is 18.8 Å². The molecule has 1 aliphatic heterocycles. The van der Waals surface area contributed by atoms with Crippen LogP contribution in [-0.2, 0) is 16.1 Å². The highest BCUT2D eigenvalue weighted by molar-refractivity contribution is 7.22. The first-order valence-corrected chi connectivity index (χ1v) is 11.7. The van der Waals surface area contributed by atoms with Gasteiger partial charge in [0, 0.05) is 30.7 Å². The van der Waals surface area contributed by atoms with Gasteiger partial charge in [-0.25, -0.2) is 9.37 Å². The Morgan fingerprint density at radius 2 is 1.97 bits per heavy atom. The molecule has 9 nitrogen and oxygen atoms in total. The second-order valence-corrected chi connectivity index (χ2v) is 9.41. The fourth-order valence-corrected chi connectivity index (χ4v) is 4.90. The molecule has 1 saturated heterocycles. The second-order valence-electron chi connectivity index (χ2n) is 8.43.